The van der Waals surface area contributed by atoms with Crippen LogP contribution in [-0.2, 0) is 17.9 Å². The zero-order valence-corrected chi connectivity index (χ0v) is 17.1. The number of aryl methyl sites for hydroxylation is 1. The van der Waals surface area contributed by atoms with E-state index in [1.807, 2.05) is 48.0 Å². The molecule has 2 aromatic heterocycles. The summed E-state index contributed by atoms with van der Waals surface area (Å²) in [6, 6.07) is 18.6. The molecule has 0 saturated carbocycles. The van der Waals surface area contributed by atoms with E-state index in [2.05, 4.69) is 11.2 Å². The van der Waals surface area contributed by atoms with Gasteiger partial charge >= 0.3 is 5.97 Å². The van der Waals surface area contributed by atoms with Crippen molar-refractivity contribution in [3.05, 3.63) is 86.9 Å². The number of rotatable bonds is 5. The minimum Gasteiger partial charge on any atom is -0.457 e. The molecule has 4 aromatic rings. The first kappa shape index (κ1) is 19.2. The average Bonchev–Trinajstić information content (AvgIpc) is 3.29. The van der Waals surface area contributed by atoms with Crippen LogP contribution < -0.4 is 0 Å². The van der Waals surface area contributed by atoms with Crippen molar-refractivity contribution in [2.75, 3.05) is 0 Å². The molecule has 0 saturated heterocycles. The van der Waals surface area contributed by atoms with Crippen molar-refractivity contribution in [3.63, 3.8) is 0 Å². The smallest absolute Gasteiger partial charge is 0.348 e. The predicted octanol–water partition coefficient (Wildman–Crippen LogP) is 5.34. The molecule has 2 heterocycles. The van der Waals surface area contributed by atoms with Gasteiger partial charge in [0.15, 0.2) is 0 Å². The Morgan fingerprint density at radius 2 is 1.93 bits per heavy atom. The maximum Gasteiger partial charge on any atom is 0.348 e. The Hall–Kier alpha value is -3.14. The topological polar surface area (TPSA) is 67.9 Å². The molecule has 0 amide bonds. The van der Waals surface area contributed by atoms with Gasteiger partial charge in [-0.2, -0.15) is 10.4 Å². The van der Waals surface area contributed by atoms with E-state index in [1.54, 1.807) is 18.2 Å². The summed E-state index contributed by atoms with van der Waals surface area (Å²) in [6.45, 7) is 2.49. The molecule has 0 N–H and O–H groups in total. The zero-order chi connectivity index (χ0) is 20.4. The molecule has 29 heavy (non-hydrogen) atoms. The van der Waals surface area contributed by atoms with Crippen LogP contribution in [0.3, 0.4) is 0 Å². The van der Waals surface area contributed by atoms with Crippen LogP contribution in [0.15, 0.2) is 54.6 Å². The number of nitriles is 1. The molecule has 7 heteroatoms. The lowest BCUT2D eigenvalue weighted by Gasteiger charge is -2.06. The number of hydrogen-bond acceptors (Lipinski definition) is 5. The molecule has 0 radical (unpaired) electrons. The standard InChI is InChI=1S/C22H16ClN3O2S/c1-14-18-10-20(22(27)28-13-17-8-3-2-6-15(17)11-24)29-21(18)26(25-14)12-16-7-4-5-9-19(16)23/h2-10H,12-13H2,1H3. The summed E-state index contributed by atoms with van der Waals surface area (Å²) >= 11 is 7.62. The summed E-state index contributed by atoms with van der Waals surface area (Å²) < 4.78 is 7.30. The van der Waals surface area contributed by atoms with Gasteiger partial charge in [-0.15, -0.1) is 11.3 Å². The van der Waals surface area contributed by atoms with Crippen LogP contribution in [0, 0.1) is 18.3 Å². The van der Waals surface area contributed by atoms with Crippen LogP contribution in [0.25, 0.3) is 10.2 Å². The highest BCUT2D eigenvalue weighted by Gasteiger charge is 2.18. The highest BCUT2D eigenvalue weighted by molar-refractivity contribution is 7.20. The van der Waals surface area contributed by atoms with Crippen LogP contribution in [0.5, 0.6) is 0 Å². The van der Waals surface area contributed by atoms with Crippen molar-refractivity contribution >= 4 is 39.1 Å². The van der Waals surface area contributed by atoms with E-state index in [0.717, 1.165) is 21.5 Å². The Morgan fingerprint density at radius 1 is 1.21 bits per heavy atom. The molecule has 0 aliphatic carbocycles. The van der Waals surface area contributed by atoms with Crippen molar-refractivity contribution in [1.29, 1.82) is 5.26 Å². The van der Waals surface area contributed by atoms with Crippen molar-refractivity contribution in [3.8, 4) is 6.07 Å². The average molecular weight is 422 g/mol. The number of halogens is 1. The minimum atomic E-state index is -0.414. The van der Waals surface area contributed by atoms with Crippen LogP contribution in [0.2, 0.25) is 5.02 Å². The van der Waals surface area contributed by atoms with Crippen molar-refractivity contribution in [2.45, 2.75) is 20.1 Å². The summed E-state index contributed by atoms with van der Waals surface area (Å²) in [5, 5.41) is 15.3. The maximum absolute atomic E-state index is 12.6. The first-order chi connectivity index (χ1) is 14.1. The third kappa shape index (κ3) is 3.88. The van der Waals surface area contributed by atoms with Gasteiger partial charge in [-0.1, -0.05) is 48.0 Å². The third-order valence-corrected chi connectivity index (χ3v) is 6.08. The second-order valence-electron chi connectivity index (χ2n) is 6.51. The maximum atomic E-state index is 12.6. The molecule has 0 fully saturated rings. The lowest BCUT2D eigenvalue weighted by molar-refractivity contribution is 0.0478. The molecule has 0 aliphatic heterocycles. The Labute approximate surface area is 176 Å². The molecular formula is C22H16ClN3O2S. The fourth-order valence-corrected chi connectivity index (χ4v) is 4.33. The molecule has 0 aliphatic rings. The lowest BCUT2D eigenvalue weighted by atomic mass is 10.1. The molecule has 5 nitrogen and oxygen atoms in total. The van der Waals surface area contributed by atoms with E-state index in [4.69, 9.17) is 21.6 Å². The predicted molar refractivity (Wildman–Crippen MR) is 113 cm³/mol. The first-order valence-electron chi connectivity index (χ1n) is 8.92. The van der Waals surface area contributed by atoms with Gasteiger partial charge in [0, 0.05) is 16.0 Å². The molecule has 144 valence electrons. The third-order valence-electron chi connectivity index (χ3n) is 4.58. The summed E-state index contributed by atoms with van der Waals surface area (Å²) in [7, 11) is 0. The largest absolute Gasteiger partial charge is 0.457 e. The molecule has 4 rings (SSSR count). The van der Waals surface area contributed by atoms with E-state index in [-0.39, 0.29) is 6.61 Å². The van der Waals surface area contributed by atoms with Crippen LogP contribution in [0.1, 0.15) is 32.1 Å². The molecular weight excluding hydrogens is 406 g/mol. The first-order valence-corrected chi connectivity index (χ1v) is 10.1. The van der Waals surface area contributed by atoms with Crippen LogP contribution >= 0.6 is 22.9 Å². The quantitative estimate of drug-likeness (QED) is 0.408. The number of nitrogens with zero attached hydrogens (tertiary/aromatic N) is 3. The second kappa shape index (κ2) is 8.08. The molecule has 0 spiro atoms. The van der Waals surface area contributed by atoms with Gasteiger partial charge in [0.1, 0.15) is 16.3 Å². The van der Waals surface area contributed by atoms with Crippen LogP contribution in [0.4, 0.5) is 0 Å². The van der Waals surface area contributed by atoms with Gasteiger partial charge < -0.3 is 4.74 Å². The Balaban J connectivity index is 1.57. The molecule has 0 atom stereocenters. The van der Waals surface area contributed by atoms with E-state index < -0.39 is 5.97 Å². The van der Waals surface area contributed by atoms with Gasteiger partial charge in [-0.25, -0.2) is 4.79 Å². The second-order valence-corrected chi connectivity index (χ2v) is 7.95. The van der Waals surface area contributed by atoms with Crippen molar-refractivity contribution < 1.29 is 9.53 Å². The highest BCUT2D eigenvalue weighted by atomic mass is 35.5. The van der Waals surface area contributed by atoms with Crippen LogP contribution in [-0.4, -0.2) is 15.7 Å². The van der Waals surface area contributed by atoms with E-state index in [9.17, 15) is 4.79 Å². The Bertz CT molecular complexity index is 1250. The number of benzene rings is 2. The van der Waals surface area contributed by atoms with E-state index in [1.165, 1.54) is 11.3 Å². The Kier molecular flexibility index (Phi) is 5.34. The van der Waals surface area contributed by atoms with Gasteiger partial charge in [0.2, 0.25) is 0 Å². The fourth-order valence-electron chi connectivity index (χ4n) is 3.08. The zero-order valence-electron chi connectivity index (χ0n) is 15.6. The number of carbonyl (C=O) groups excluding carboxylic acids is 1. The number of hydrogen-bond donors (Lipinski definition) is 0. The van der Waals surface area contributed by atoms with Gasteiger partial charge in [0.25, 0.3) is 0 Å². The highest BCUT2D eigenvalue weighted by Crippen LogP contribution is 2.30. The van der Waals surface area contributed by atoms with Crippen molar-refractivity contribution in [1.82, 2.24) is 9.78 Å². The van der Waals surface area contributed by atoms with Crippen molar-refractivity contribution in [2.24, 2.45) is 0 Å². The lowest BCUT2D eigenvalue weighted by Crippen LogP contribution is -2.05. The molecule has 0 bridgehead atoms. The SMILES string of the molecule is Cc1nn(Cc2ccccc2Cl)c2sc(C(=O)OCc3ccccc3C#N)cc12. The number of carbonyl (C=O) groups is 1. The number of esters is 1. The number of aromatic nitrogens is 2. The Morgan fingerprint density at radius 3 is 2.69 bits per heavy atom. The monoisotopic (exact) mass is 421 g/mol. The molecule has 0 unspecified atom stereocenters. The summed E-state index contributed by atoms with van der Waals surface area (Å²) in [4.78, 5) is 14.0. The summed E-state index contributed by atoms with van der Waals surface area (Å²) in [5.74, 6) is -0.414. The summed E-state index contributed by atoms with van der Waals surface area (Å²) in [5.41, 5.74) is 3.00. The number of fused-ring (bicyclic) bond motifs is 1. The van der Waals surface area contributed by atoms with Gasteiger partial charge in [0.05, 0.1) is 23.9 Å². The van der Waals surface area contributed by atoms with E-state index >= 15 is 0 Å². The van der Waals surface area contributed by atoms with Gasteiger partial charge in [-0.05, 0) is 30.7 Å². The minimum absolute atomic E-state index is 0.0571. The number of thiophene rings is 1. The normalized spacial score (nSPS) is 10.8. The summed E-state index contributed by atoms with van der Waals surface area (Å²) in [6.07, 6.45) is 0. The van der Waals surface area contributed by atoms with Gasteiger partial charge in [-0.3, -0.25) is 4.68 Å². The molecule has 2 aromatic carbocycles. The number of ether oxygens (including phenoxy) is 1. The fraction of sp³-hybridized carbons (Fsp3) is 0.136. The van der Waals surface area contributed by atoms with E-state index in [0.29, 0.717) is 27.6 Å².